The fourth-order valence-corrected chi connectivity index (χ4v) is 5.27. The summed E-state index contributed by atoms with van der Waals surface area (Å²) in [7, 11) is -1.38. The molecule has 0 fully saturated rings. The zero-order valence-electron chi connectivity index (χ0n) is 13.4. The molecule has 0 spiro atoms. The van der Waals surface area contributed by atoms with Crippen LogP contribution < -0.4 is 0 Å². The van der Waals surface area contributed by atoms with Gasteiger partial charge in [-0.2, -0.15) is 0 Å². The smallest absolute Gasteiger partial charge is 0.191 e. The molecule has 19 heavy (non-hydrogen) atoms. The molecule has 1 nitrogen and oxygen atoms in total. The van der Waals surface area contributed by atoms with Gasteiger partial charge in [0.2, 0.25) is 0 Å². The third kappa shape index (κ3) is 4.77. The van der Waals surface area contributed by atoms with Crippen LogP contribution in [0, 0.1) is 13.8 Å². The highest BCUT2D eigenvalue weighted by Crippen LogP contribution is 2.22. The van der Waals surface area contributed by atoms with E-state index < -0.39 is 8.32 Å². The van der Waals surface area contributed by atoms with Gasteiger partial charge < -0.3 is 4.43 Å². The van der Waals surface area contributed by atoms with E-state index >= 15 is 0 Å². The van der Waals surface area contributed by atoms with E-state index in [1.165, 1.54) is 34.8 Å². The fraction of sp³-hybridized carbons (Fsp3) is 0.647. The average Bonchev–Trinajstić information content (AvgIpc) is 2.44. The zero-order chi connectivity index (χ0) is 14.3. The molecule has 0 saturated heterocycles. The van der Waals surface area contributed by atoms with E-state index in [4.69, 9.17) is 4.43 Å². The van der Waals surface area contributed by atoms with Gasteiger partial charge in [0, 0.05) is 6.61 Å². The van der Waals surface area contributed by atoms with Crippen molar-refractivity contribution in [3.63, 3.8) is 0 Å². The Morgan fingerprint density at radius 1 is 0.947 bits per heavy atom. The van der Waals surface area contributed by atoms with Crippen LogP contribution in [0.3, 0.4) is 0 Å². The molecule has 0 atom stereocenters. The Kier molecular flexibility index (Phi) is 6.80. The van der Waals surface area contributed by atoms with Crippen LogP contribution in [0.1, 0.15) is 43.9 Å². The highest BCUT2D eigenvalue weighted by molar-refractivity contribution is 6.73. The van der Waals surface area contributed by atoms with E-state index in [0.29, 0.717) is 0 Å². The average molecular weight is 279 g/mol. The van der Waals surface area contributed by atoms with E-state index in [1.54, 1.807) is 0 Å². The lowest BCUT2D eigenvalue weighted by atomic mass is 10.0. The van der Waals surface area contributed by atoms with Crippen molar-refractivity contribution in [3.8, 4) is 0 Å². The minimum absolute atomic E-state index is 0.939. The van der Waals surface area contributed by atoms with Gasteiger partial charge >= 0.3 is 0 Å². The van der Waals surface area contributed by atoms with Crippen LogP contribution in [-0.2, 0) is 10.8 Å². The molecule has 0 N–H and O–H groups in total. The standard InChI is InChI=1S/C17H30OSi/c1-6-19(7-2,8-3)18-13-9-10-17-12-11-15(4)16(5)14-17/h11-12,14H,6-10,13H2,1-5H3. The minimum Gasteiger partial charge on any atom is -0.417 e. The molecule has 0 amide bonds. The molecule has 0 aromatic heterocycles. The van der Waals surface area contributed by atoms with Crippen LogP contribution in [-0.4, -0.2) is 14.9 Å². The third-order valence-corrected chi connectivity index (χ3v) is 9.20. The normalized spacial score (nSPS) is 11.8. The van der Waals surface area contributed by atoms with Gasteiger partial charge in [-0.15, -0.1) is 0 Å². The van der Waals surface area contributed by atoms with Crippen molar-refractivity contribution in [3.05, 3.63) is 34.9 Å². The highest BCUT2D eigenvalue weighted by Gasteiger charge is 2.28. The molecule has 0 aliphatic rings. The van der Waals surface area contributed by atoms with Crippen molar-refractivity contribution >= 4 is 8.32 Å². The van der Waals surface area contributed by atoms with Crippen molar-refractivity contribution in [2.75, 3.05) is 6.61 Å². The summed E-state index contributed by atoms with van der Waals surface area (Å²) in [6.45, 7) is 12.2. The Labute approximate surface area is 120 Å². The number of aryl methyl sites for hydroxylation is 3. The van der Waals surface area contributed by atoms with Crippen LogP contribution in [0.2, 0.25) is 18.1 Å². The largest absolute Gasteiger partial charge is 0.417 e. The van der Waals surface area contributed by atoms with Gasteiger partial charge in [0.25, 0.3) is 0 Å². The summed E-state index contributed by atoms with van der Waals surface area (Å²) in [5.41, 5.74) is 4.23. The maximum Gasteiger partial charge on any atom is 0.191 e. The summed E-state index contributed by atoms with van der Waals surface area (Å²) in [4.78, 5) is 0. The first-order chi connectivity index (χ1) is 9.06. The summed E-state index contributed by atoms with van der Waals surface area (Å²) < 4.78 is 6.29. The van der Waals surface area contributed by atoms with Crippen molar-refractivity contribution in [1.82, 2.24) is 0 Å². The van der Waals surface area contributed by atoms with Gasteiger partial charge in [0.15, 0.2) is 8.32 Å². The lowest BCUT2D eigenvalue weighted by Gasteiger charge is -2.28. The molecule has 0 aliphatic heterocycles. The van der Waals surface area contributed by atoms with Gasteiger partial charge in [-0.3, -0.25) is 0 Å². The number of hydrogen-bond acceptors (Lipinski definition) is 1. The van der Waals surface area contributed by atoms with E-state index in [-0.39, 0.29) is 0 Å². The third-order valence-electron chi connectivity index (χ3n) is 4.52. The molecule has 1 rings (SSSR count). The van der Waals surface area contributed by atoms with E-state index in [2.05, 4.69) is 52.8 Å². The molecule has 108 valence electrons. The maximum absolute atomic E-state index is 6.29. The van der Waals surface area contributed by atoms with E-state index in [0.717, 1.165) is 19.4 Å². The first-order valence-electron chi connectivity index (χ1n) is 7.77. The molecule has 2 heteroatoms. The highest BCUT2D eigenvalue weighted by atomic mass is 28.4. The second-order valence-electron chi connectivity index (χ2n) is 5.61. The Morgan fingerprint density at radius 3 is 2.11 bits per heavy atom. The Morgan fingerprint density at radius 2 is 1.58 bits per heavy atom. The monoisotopic (exact) mass is 278 g/mol. The van der Waals surface area contributed by atoms with Crippen LogP contribution in [0.15, 0.2) is 18.2 Å². The van der Waals surface area contributed by atoms with Gasteiger partial charge in [-0.25, -0.2) is 0 Å². The molecule has 0 heterocycles. The predicted molar refractivity (Wildman–Crippen MR) is 87.4 cm³/mol. The second kappa shape index (κ2) is 7.86. The Bertz CT molecular complexity index is 375. The molecule has 0 saturated carbocycles. The quantitative estimate of drug-likeness (QED) is 0.465. The number of benzene rings is 1. The fourth-order valence-electron chi connectivity index (χ4n) is 2.58. The Balaban J connectivity index is 2.40. The van der Waals surface area contributed by atoms with E-state index in [1.807, 2.05) is 0 Å². The molecule has 0 bridgehead atoms. The van der Waals surface area contributed by atoms with Crippen molar-refractivity contribution < 1.29 is 4.43 Å². The summed E-state index contributed by atoms with van der Waals surface area (Å²) in [6, 6.07) is 10.6. The lowest BCUT2D eigenvalue weighted by Crippen LogP contribution is -2.36. The van der Waals surface area contributed by atoms with Crippen molar-refractivity contribution in [2.24, 2.45) is 0 Å². The van der Waals surface area contributed by atoms with Crippen molar-refractivity contribution in [2.45, 2.75) is 65.6 Å². The summed E-state index contributed by atoms with van der Waals surface area (Å²) in [5, 5.41) is 0. The first kappa shape index (κ1) is 16.5. The first-order valence-corrected chi connectivity index (χ1v) is 10.3. The number of hydrogen-bond donors (Lipinski definition) is 0. The van der Waals surface area contributed by atoms with Gasteiger partial charge in [0.1, 0.15) is 0 Å². The molecular formula is C17H30OSi. The van der Waals surface area contributed by atoms with Crippen LogP contribution in [0.25, 0.3) is 0 Å². The topological polar surface area (TPSA) is 9.23 Å². The SMILES string of the molecule is CC[Si](CC)(CC)OCCCc1ccc(C)c(C)c1. The van der Waals surface area contributed by atoms with Gasteiger partial charge in [-0.05, 0) is 61.5 Å². The molecule has 1 aromatic rings. The maximum atomic E-state index is 6.29. The minimum atomic E-state index is -1.38. The molecule has 0 radical (unpaired) electrons. The summed E-state index contributed by atoms with van der Waals surface area (Å²) in [6.07, 6.45) is 2.29. The van der Waals surface area contributed by atoms with Crippen LogP contribution in [0.4, 0.5) is 0 Å². The van der Waals surface area contributed by atoms with Gasteiger partial charge in [-0.1, -0.05) is 39.0 Å². The van der Waals surface area contributed by atoms with Crippen LogP contribution >= 0.6 is 0 Å². The Hall–Kier alpha value is -0.603. The molecular weight excluding hydrogens is 248 g/mol. The van der Waals surface area contributed by atoms with E-state index in [9.17, 15) is 0 Å². The number of rotatable bonds is 8. The summed E-state index contributed by atoms with van der Waals surface area (Å²) in [5.74, 6) is 0. The molecule has 0 aliphatic carbocycles. The molecule has 1 aromatic carbocycles. The molecule has 0 unspecified atom stereocenters. The lowest BCUT2D eigenvalue weighted by molar-refractivity contribution is 0.293. The van der Waals surface area contributed by atoms with Crippen LogP contribution in [0.5, 0.6) is 0 Å². The summed E-state index contributed by atoms with van der Waals surface area (Å²) >= 11 is 0. The van der Waals surface area contributed by atoms with Gasteiger partial charge in [0.05, 0.1) is 0 Å². The zero-order valence-corrected chi connectivity index (χ0v) is 14.4. The van der Waals surface area contributed by atoms with Crippen molar-refractivity contribution in [1.29, 1.82) is 0 Å². The second-order valence-corrected chi connectivity index (χ2v) is 10.4. The predicted octanol–water partition coefficient (Wildman–Crippen LogP) is 5.26.